The fourth-order valence-corrected chi connectivity index (χ4v) is 1.50. The van der Waals surface area contributed by atoms with Crippen molar-refractivity contribution < 1.29 is 4.92 Å². The van der Waals surface area contributed by atoms with Gasteiger partial charge in [-0.1, -0.05) is 29.8 Å². The lowest BCUT2D eigenvalue weighted by Crippen LogP contribution is -1.91. The molecule has 15 heavy (non-hydrogen) atoms. The third-order valence-corrected chi connectivity index (χ3v) is 2.29. The Kier molecular flexibility index (Phi) is 3.56. The van der Waals surface area contributed by atoms with E-state index < -0.39 is 4.92 Å². The molecule has 0 aliphatic heterocycles. The second kappa shape index (κ2) is 4.51. The van der Waals surface area contributed by atoms with Crippen molar-refractivity contribution in [1.29, 1.82) is 0 Å². The number of halogens is 1. The predicted molar refractivity (Wildman–Crippen MR) is 60.3 cm³/mol. The molecule has 0 aliphatic carbocycles. The summed E-state index contributed by atoms with van der Waals surface area (Å²) >= 11 is 5.85. The van der Waals surface area contributed by atoms with Gasteiger partial charge in [-0.25, -0.2) is 4.98 Å². The van der Waals surface area contributed by atoms with Crippen LogP contribution in [0.3, 0.4) is 0 Å². The Hall–Kier alpha value is -1.25. The summed E-state index contributed by atoms with van der Waals surface area (Å²) in [7, 11) is 0. The largest absolute Gasteiger partial charge is 0.306 e. The molecule has 2 rings (SSSR count). The molecule has 6 heteroatoms. The number of hydrogen-bond donors (Lipinski definition) is 0. The van der Waals surface area contributed by atoms with E-state index in [1.54, 1.807) is 24.3 Å². The van der Waals surface area contributed by atoms with Crippen LogP contribution in [0.4, 0.5) is 5.69 Å². The molecule has 0 bridgehead atoms. The maximum absolute atomic E-state index is 10.5. The average molecular weight is 240 g/mol. The first-order valence-corrected chi connectivity index (χ1v) is 4.25. The Labute approximate surface area is 94.0 Å². The lowest BCUT2D eigenvalue weighted by Gasteiger charge is -1.99. The normalized spacial score (nSPS) is 9.67. The molecule has 2 aromatic rings. The zero-order valence-corrected chi connectivity index (χ0v) is 9.07. The lowest BCUT2D eigenvalue weighted by atomic mass is 10.2. The molecule has 0 aliphatic rings. The maximum Gasteiger partial charge on any atom is 0.306 e. The van der Waals surface area contributed by atoms with Crippen LogP contribution in [0.25, 0.3) is 10.9 Å². The minimum Gasteiger partial charge on any atom is -0.258 e. The van der Waals surface area contributed by atoms with Crippen molar-refractivity contribution in [3.63, 3.8) is 0 Å². The van der Waals surface area contributed by atoms with Gasteiger partial charge in [0.15, 0.2) is 0 Å². The first-order chi connectivity index (χ1) is 6.70. The van der Waals surface area contributed by atoms with Gasteiger partial charge in [0.2, 0.25) is 0 Å². The Morgan fingerprint density at radius 3 is 2.67 bits per heavy atom. The highest BCUT2D eigenvalue weighted by Crippen LogP contribution is 2.30. The molecule has 4 nitrogen and oxygen atoms in total. The van der Waals surface area contributed by atoms with Gasteiger partial charge < -0.3 is 0 Å². The summed E-state index contributed by atoms with van der Waals surface area (Å²) in [5.74, 6) is 0. The topological polar surface area (TPSA) is 56.0 Å². The fraction of sp³-hybridized carbons (Fsp3) is 0. The van der Waals surface area contributed by atoms with E-state index >= 15 is 0 Å². The molecule has 1 aromatic heterocycles. The van der Waals surface area contributed by atoms with E-state index in [2.05, 4.69) is 4.98 Å². The minimum absolute atomic E-state index is 0. The van der Waals surface area contributed by atoms with Gasteiger partial charge in [-0.15, -0.1) is 0 Å². The van der Waals surface area contributed by atoms with Crippen LogP contribution < -0.4 is 0 Å². The Bertz CT molecular complexity index is 518. The van der Waals surface area contributed by atoms with E-state index in [0.717, 1.165) is 0 Å². The SMILES string of the molecule is O=[N+]([O-])c1cnc2ccccc2c1Cl.[P]. The first-order valence-electron chi connectivity index (χ1n) is 3.88. The highest BCUT2D eigenvalue weighted by atomic mass is 35.5. The number of nitrogens with zero attached hydrogens (tertiary/aromatic N) is 2. The van der Waals surface area contributed by atoms with Gasteiger partial charge in [0.25, 0.3) is 0 Å². The molecule has 1 aromatic carbocycles. The Morgan fingerprint density at radius 1 is 1.33 bits per heavy atom. The zero-order valence-electron chi connectivity index (χ0n) is 7.42. The number of para-hydroxylation sites is 1. The highest BCUT2D eigenvalue weighted by Gasteiger charge is 2.15. The van der Waals surface area contributed by atoms with E-state index in [1.165, 1.54) is 6.20 Å². The molecular weight excluding hydrogens is 235 g/mol. The van der Waals surface area contributed by atoms with Gasteiger partial charge in [-0.3, -0.25) is 10.1 Å². The molecule has 0 spiro atoms. The number of aromatic nitrogens is 1. The van der Waals surface area contributed by atoms with Crippen LogP contribution in [0, 0.1) is 10.1 Å². The zero-order chi connectivity index (χ0) is 10.1. The van der Waals surface area contributed by atoms with Crippen molar-refractivity contribution in [3.05, 3.63) is 45.6 Å². The third-order valence-electron chi connectivity index (χ3n) is 1.89. The summed E-state index contributed by atoms with van der Waals surface area (Å²) in [6, 6.07) is 7.03. The number of pyridine rings is 1. The number of nitro groups is 1. The van der Waals surface area contributed by atoms with E-state index in [0.29, 0.717) is 10.9 Å². The standard InChI is InChI=1S/C9H5ClN2O2.P/c10-9-6-3-1-2-4-7(6)11-5-8(9)12(13)14;/h1-5H;. The van der Waals surface area contributed by atoms with Gasteiger partial charge in [-0.05, 0) is 6.07 Å². The fourth-order valence-electron chi connectivity index (χ4n) is 1.22. The number of benzene rings is 1. The molecule has 0 atom stereocenters. The summed E-state index contributed by atoms with van der Waals surface area (Å²) < 4.78 is 0. The quantitative estimate of drug-likeness (QED) is 0.433. The molecule has 0 unspecified atom stereocenters. The van der Waals surface area contributed by atoms with Crippen molar-refractivity contribution >= 4 is 38.1 Å². The van der Waals surface area contributed by atoms with Gasteiger partial charge in [0.05, 0.1) is 10.4 Å². The molecule has 0 saturated carbocycles. The van der Waals surface area contributed by atoms with Crippen LogP contribution in [0.1, 0.15) is 0 Å². The Morgan fingerprint density at radius 2 is 2.00 bits per heavy atom. The minimum atomic E-state index is -0.540. The number of fused-ring (bicyclic) bond motifs is 1. The molecule has 0 N–H and O–H groups in total. The smallest absolute Gasteiger partial charge is 0.258 e. The molecule has 1 heterocycles. The molecule has 75 valence electrons. The van der Waals surface area contributed by atoms with Crippen LogP contribution in [-0.2, 0) is 0 Å². The van der Waals surface area contributed by atoms with Gasteiger partial charge in [0.1, 0.15) is 11.2 Å². The summed E-state index contributed by atoms with van der Waals surface area (Å²) in [4.78, 5) is 13.9. The summed E-state index contributed by atoms with van der Waals surface area (Å²) in [5.41, 5.74) is 0.494. The molecule has 3 radical (unpaired) electrons. The second-order valence-electron chi connectivity index (χ2n) is 2.73. The monoisotopic (exact) mass is 239 g/mol. The van der Waals surface area contributed by atoms with Gasteiger partial charge in [-0.2, -0.15) is 0 Å². The summed E-state index contributed by atoms with van der Waals surface area (Å²) in [5, 5.41) is 11.3. The number of rotatable bonds is 1. The van der Waals surface area contributed by atoms with Crippen LogP contribution in [0.2, 0.25) is 5.02 Å². The first kappa shape index (κ1) is 11.8. The van der Waals surface area contributed by atoms with Crippen molar-refractivity contribution in [2.24, 2.45) is 0 Å². The average Bonchev–Trinajstić information content (AvgIpc) is 2.18. The van der Waals surface area contributed by atoms with Crippen LogP contribution in [0.15, 0.2) is 30.5 Å². The maximum atomic E-state index is 10.5. The molecule has 0 saturated heterocycles. The van der Waals surface area contributed by atoms with Crippen molar-refractivity contribution in [2.45, 2.75) is 0 Å². The third kappa shape index (κ3) is 2.06. The number of hydrogen-bond acceptors (Lipinski definition) is 3. The van der Waals surface area contributed by atoms with Crippen molar-refractivity contribution in [3.8, 4) is 0 Å². The van der Waals surface area contributed by atoms with Crippen LogP contribution >= 0.6 is 21.5 Å². The molecule has 0 fully saturated rings. The predicted octanol–water partition coefficient (Wildman–Crippen LogP) is 3.66. The van der Waals surface area contributed by atoms with Crippen molar-refractivity contribution in [2.75, 3.05) is 0 Å². The molecule has 0 amide bonds. The summed E-state index contributed by atoms with van der Waals surface area (Å²) in [6.07, 6.45) is 1.17. The van der Waals surface area contributed by atoms with E-state index in [-0.39, 0.29) is 20.6 Å². The van der Waals surface area contributed by atoms with Crippen LogP contribution in [-0.4, -0.2) is 9.91 Å². The highest BCUT2D eigenvalue weighted by molar-refractivity contribution is 6.92. The second-order valence-corrected chi connectivity index (χ2v) is 3.11. The Balaban J connectivity index is 0.00000112. The van der Waals surface area contributed by atoms with Gasteiger partial charge >= 0.3 is 5.69 Å². The van der Waals surface area contributed by atoms with Gasteiger partial charge in [0, 0.05) is 15.3 Å². The van der Waals surface area contributed by atoms with E-state index in [9.17, 15) is 10.1 Å². The van der Waals surface area contributed by atoms with E-state index in [1.807, 2.05) is 0 Å². The van der Waals surface area contributed by atoms with Crippen molar-refractivity contribution in [1.82, 2.24) is 4.98 Å². The molecular formula is C9H5ClN2O2P. The van der Waals surface area contributed by atoms with Crippen LogP contribution in [0.5, 0.6) is 0 Å². The summed E-state index contributed by atoms with van der Waals surface area (Å²) in [6.45, 7) is 0. The lowest BCUT2D eigenvalue weighted by molar-refractivity contribution is -0.384. The van der Waals surface area contributed by atoms with E-state index in [4.69, 9.17) is 11.6 Å².